The Labute approximate surface area is 194 Å². The van der Waals surface area contributed by atoms with Gasteiger partial charge >= 0.3 is 6.18 Å². The number of alkyl halides is 3. The first-order valence-electron chi connectivity index (χ1n) is 10.9. The topological polar surface area (TPSA) is 62.5 Å². The number of carbonyl (C=O) groups excluding carboxylic acids is 1. The molecule has 0 unspecified atom stereocenters. The number of piperazine rings is 1. The lowest BCUT2D eigenvalue weighted by Gasteiger charge is -2.36. The summed E-state index contributed by atoms with van der Waals surface area (Å²) in [6, 6.07) is 8.79. The van der Waals surface area contributed by atoms with Crippen molar-refractivity contribution in [2.45, 2.75) is 38.4 Å². The fraction of sp³-hybridized carbons (Fsp3) is 0.435. The van der Waals surface area contributed by atoms with Gasteiger partial charge < -0.3 is 9.42 Å². The van der Waals surface area contributed by atoms with Crippen LogP contribution in [0.5, 0.6) is 0 Å². The van der Waals surface area contributed by atoms with Gasteiger partial charge in [0, 0.05) is 43.0 Å². The Morgan fingerprint density at radius 1 is 1.18 bits per heavy atom. The van der Waals surface area contributed by atoms with E-state index >= 15 is 0 Å². The van der Waals surface area contributed by atoms with Crippen LogP contribution in [0.1, 0.15) is 42.1 Å². The van der Waals surface area contributed by atoms with Gasteiger partial charge in [0.2, 0.25) is 17.6 Å². The third kappa shape index (κ3) is 5.80. The summed E-state index contributed by atoms with van der Waals surface area (Å²) < 4.78 is 44.3. The summed E-state index contributed by atoms with van der Waals surface area (Å²) in [5.74, 6) is 0.643. The van der Waals surface area contributed by atoms with Gasteiger partial charge in [-0.15, -0.1) is 11.3 Å². The average Bonchev–Trinajstić information content (AvgIpc) is 3.51. The number of nitrogens with zero attached hydrogens (tertiary/aromatic N) is 4. The molecule has 176 valence electrons. The van der Waals surface area contributed by atoms with Gasteiger partial charge in [0.15, 0.2) is 0 Å². The van der Waals surface area contributed by atoms with E-state index in [2.05, 4.69) is 21.1 Å². The molecular weight excluding hydrogens is 453 g/mol. The summed E-state index contributed by atoms with van der Waals surface area (Å²) in [6.45, 7) is 4.49. The highest BCUT2D eigenvalue weighted by atomic mass is 32.1. The molecule has 1 atom stereocenters. The minimum Gasteiger partial charge on any atom is -0.340 e. The van der Waals surface area contributed by atoms with E-state index in [1.165, 1.54) is 17.0 Å². The van der Waals surface area contributed by atoms with Gasteiger partial charge in [-0.05, 0) is 43.3 Å². The fourth-order valence-corrected chi connectivity index (χ4v) is 4.65. The molecule has 0 spiro atoms. The Morgan fingerprint density at radius 2 is 1.97 bits per heavy atom. The van der Waals surface area contributed by atoms with E-state index in [-0.39, 0.29) is 23.3 Å². The largest absolute Gasteiger partial charge is 0.416 e. The number of aryl methyl sites for hydroxylation is 1. The molecule has 1 aromatic carbocycles. The molecule has 33 heavy (non-hydrogen) atoms. The maximum absolute atomic E-state index is 13.0. The first-order chi connectivity index (χ1) is 15.8. The molecule has 10 heteroatoms. The van der Waals surface area contributed by atoms with E-state index in [1.54, 1.807) is 11.3 Å². The molecule has 1 aliphatic heterocycles. The normalized spacial score (nSPS) is 16.2. The standard InChI is InChI=1S/C23H25F3N4O2S/c1-16(22-27-21(28-32-22)17-5-2-6-18(15-17)23(24,25)26)29-10-12-30(13-11-29)20(31)9-3-7-19-8-4-14-33-19/h2,4-6,8,14-16H,3,7,9-13H2,1H3/t16-/m1/s1. The minimum atomic E-state index is -4.43. The maximum atomic E-state index is 13.0. The first-order valence-corrected chi connectivity index (χ1v) is 11.7. The maximum Gasteiger partial charge on any atom is 0.416 e. The van der Waals surface area contributed by atoms with Crippen LogP contribution in [0.15, 0.2) is 46.3 Å². The van der Waals surface area contributed by atoms with Crippen molar-refractivity contribution in [1.29, 1.82) is 0 Å². The summed E-state index contributed by atoms with van der Waals surface area (Å²) in [4.78, 5) is 22.2. The molecule has 1 saturated heterocycles. The molecule has 2 aromatic heterocycles. The summed E-state index contributed by atoms with van der Waals surface area (Å²) in [7, 11) is 0. The van der Waals surface area contributed by atoms with Crippen LogP contribution < -0.4 is 0 Å². The highest BCUT2D eigenvalue weighted by Crippen LogP contribution is 2.32. The summed E-state index contributed by atoms with van der Waals surface area (Å²) >= 11 is 1.71. The van der Waals surface area contributed by atoms with Crippen LogP contribution in [0.3, 0.4) is 0 Å². The van der Waals surface area contributed by atoms with Crippen LogP contribution in [-0.4, -0.2) is 52.0 Å². The van der Waals surface area contributed by atoms with Gasteiger partial charge in [-0.2, -0.15) is 18.2 Å². The van der Waals surface area contributed by atoms with Crippen molar-refractivity contribution in [3.63, 3.8) is 0 Å². The van der Waals surface area contributed by atoms with Crippen molar-refractivity contribution in [2.75, 3.05) is 26.2 Å². The van der Waals surface area contributed by atoms with Crippen LogP contribution in [0, 0.1) is 0 Å². The van der Waals surface area contributed by atoms with Crippen molar-refractivity contribution < 1.29 is 22.5 Å². The van der Waals surface area contributed by atoms with Gasteiger partial charge in [0.05, 0.1) is 11.6 Å². The molecule has 0 aliphatic carbocycles. The number of halogens is 3. The molecule has 4 rings (SSSR count). The summed E-state index contributed by atoms with van der Waals surface area (Å²) in [5.41, 5.74) is -0.499. The molecule has 0 bridgehead atoms. The van der Waals surface area contributed by atoms with Gasteiger partial charge in [0.25, 0.3) is 0 Å². The molecule has 1 amide bonds. The lowest BCUT2D eigenvalue weighted by Crippen LogP contribution is -2.49. The van der Waals surface area contributed by atoms with Crippen LogP contribution in [-0.2, 0) is 17.4 Å². The second-order valence-electron chi connectivity index (χ2n) is 8.06. The number of thiophene rings is 1. The number of hydrogen-bond donors (Lipinski definition) is 0. The zero-order valence-corrected chi connectivity index (χ0v) is 19.0. The predicted octanol–water partition coefficient (Wildman–Crippen LogP) is 5.05. The Balaban J connectivity index is 1.30. The van der Waals surface area contributed by atoms with Gasteiger partial charge in [-0.25, -0.2) is 0 Å². The van der Waals surface area contributed by atoms with Gasteiger partial charge in [-0.1, -0.05) is 23.4 Å². The van der Waals surface area contributed by atoms with Gasteiger partial charge in [-0.3, -0.25) is 9.69 Å². The molecule has 1 fully saturated rings. The monoisotopic (exact) mass is 478 g/mol. The van der Waals surface area contributed by atoms with Crippen LogP contribution in [0.4, 0.5) is 13.2 Å². The van der Waals surface area contributed by atoms with E-state index in [0.29, 0.717) is 38.5 Å². The minimum absolute atomic E-state index is 0.127. The summed E-state index contributed by atoms with van der Waals surface area (Å²) in [5, 5.41) is 5.92. The second-order valence-corrected chi connectivity index (χ2v) is 9.09. The molecule has 0 radical (unpaired) electrons. The quantitative estimate of drug-likeness (QED) is 0.476. The number of hydrogen-bond acceptors (Lipinski definition) is 6. The Kier molecular flexibility index (Phi) is 7.14. The number of aromatic nitrogens is 2. The number of carbonyl (C=O) groups is 1. The lowest BCUT2D eigenvalue weighted by molar-refractivity contribution is -0.137. The Morgan fingerprint density at radius 3 is 2.67 bits per heavy atom. The molecule has 6 nitrogen and oxygen atoms in total. The van der Waals surface area contributed by atoms with Crippen molar-refractivity contribution in [3.05, 3.63) is 58.1 Å². The molecule has 0 saturated carbocycles. The second kappa shape index (κ2) is 10.0. The fourth-order valence-electron chi connectivity index (χ4n) is 3.90. The smallest absolute Gasteiger partial charge is 0.340 e. The zero-order chi connectivity index (χ0) is 23.4. The van der Waals surface area contributed by atoms with E-state index in [4.69, 9.17) is 4.52 Å². The highest BCUT2D eigenvalue weighted by Gasteiger charge is 2.31. The molecule has 3 heterocycles. The molecule has 3 aromatic rings. The molecular formula is C23H25F3N4O2S. The van der Waals surface area contributed by atoms with Crippen molar-refractivity contribution in [3.8, 4) is 11.4 Å². The lowest BCUT2D eigenvalue weighted by atomic mass is 10.1. The summed E-state index contributed by atoms with van der Waals surface area (Å²) in [6.07, 6.45) is -2.13. The predicted molar refractivity (Wildman–Crippen MR) is 119 cm³/mol. The number of benzene rings is 1. The molecule has 1 aliphatic rings. The van der Waals surface area contributed by atoms with Gasteiger partial charge in [0.1, 0.15) is 0 Å². The number of rotatable bonds is 7. The Bertz CT molecular complexity index is 1060. The van der Waals surface area contributed by atoms with Crippen molar-refractivity contribution >= 4 is 17.2 Å². The Hall–Kier alpha value is -2.72. The first kappa shape index (κ1) is 23.4. The van der Waals surface area contributed by atoms with Crippen molar-refractivity contribution in [2.24, 2.45) is 0 Å². The average molecular weight is 479 g/mol. The van der Waals surface area contributed by atoms with Crippen LogP contribution in [0.2, 0.25) is 0 Å². The third-order valence-electron chi connectivity index (χ3n) is 5.86. The van der Waals surface area contributed by atoms with E-state index in [9.17, 15) is 18.0 Å². The SMILES string of the molecule is C[C@H](c1nc(-c2cccc(C(F)(F)F)c2)no1)N1CCN(C(=O)CCCc2cccs2)CC1. The van der Waals surface area contributed by atoms with E-state index in [0.717, 1.165) is 25.0 Å². The van der Waals surface area contributed by atoms with E-state index < -0.39 is 11.7 Å². The zero-order valence-electron chi connectivity index (χ0n) is 18.2. The third-order valence-corrected chi connectivity index (χ3v) is 6.79. The van der Waals surface area contributed by atoms with Crippen molar-refractivity contribution in [1.82, 2.24) is 19.9 Å². The van der Waals surface area contributed by atoms with Crippen LogP contribution in [0.25, 0.3) is 11.4 Å². The molecule has 0 N–H and O–H groups in total. The number of amides is 1. The highest BCUT2D eigenvalue weighted by molar-refractivity contribution is 7.09. The van der Waals surface area contributed by atoms with E-state index in [1.807, 2.05) is 23.3 Å². The van der Waals surface area contributed by atoms with Crippen LogP contribution >= 0.6 is 11.3 Å².